The monoisotopic (exact) mass is 335 g/mol. The first-order valence-electron chi connectivity index (χ1n) is 7.46. The number of carboxylic acids is 2. The molecule has 2 aromatic rings. The van der Waals surface area contributed by atoms with Crippen molar-refractivity contribution < 1.29 is 19.8 Å². The smallest absolute Gasteiger partial charge is 0.414 e. The van der Waals surface area contributed by atoms with Crippen molar-refractivity contribution >= 4 is 33.4 Å². The van der Waals surface area contributed by atoms with Crippen LogP contribution in [0.2, 0.25) is 0 Å². The zero-order valence-corrected chi connectivity index (χ0v) is 14.0. The van der Waals surface area contributed by atoms with Gasteiger partial charge in [-0.3, -0.25) is 0 Å². The fourth-order valence-electron chi connectivity index (χ4n) is 3.04. The normalized spacial score (nSPS) is 19.7. The molecule has 1 aliphatic rings. The van der Waals surface area contributed by atoms with Crippen LogP contribution in [0.3, 0.4) is 0 Å². The minimum atomic E-state index is -1.82. The number of fused-ring (bicyclic) bond motifs is 1. The third kappa shape index (κ3) is 4.09. The second kappa shape index (κ2) is 7.10. The van der Waals surface area contributed by atoms with Crippen LogP contribution in [0.5, 0.6) is 0 Å². The lowest BCUT2D eigenvalue weighted by Gasteiger charge is -2.39. The first-order valence-corrected chi connectivity index (χ1v) is 8.34. The molecule has 2 heterocycles. The molecule has 3 rings (SSSR count). The van der Waals surface area contributed by atoms with Crippen LogP contribution in [0.1, 0.15) is 31.7 Å². The van der Waals surface area contributed by atoms with Crippen molar-refractivity contribution in [3.05, 3.63) is 35.2 Å². The summed E-state index contributed by atoms with van der Waals surface area (Å²) in [5.41, 5.74) is 1.92. The van der Waals surface area contributed by atoms with E-state index in [1.54, 1.807) is 5.56 Å². The Bertz CT molecular complexity index is 695. The molecule has 1 aliphatic heterocycles. The summed E-state index contributed by atoms with van der Waals surface area (Å²) in [7, 11) is 0. The maximum Gasteiger partial charge on any atom is 0.414 e. The quantitative estimate of drug-likeness (QED) is 0.697. The van der Waals surface area contributed by atoms with E-state index in [9.17, 15) is 0 Å². The molecular formula is C17H21NO4S. The van der Waals surface area contributed by atoms with Crippen molar-refractivity contribution in [3.8, 4) is 0 Å². The van der Waals surface area contributed by atoms with Gasteiger partial charge in [0, 0.05) is 11.2 Å². The molecular weight excluding hydrogens is 314 g/mol. The van der Waals surface area contributed by atoms with Crippen LogP contribution in [-0.2, 0) is 9.59 Å². The van der Waals surface area contributed by atoms with E-state index >= 15 is 0 Å². The fourth-order valence-corrected chi connectivity index (χ4v) is 4.01. The second-order valence-corrected chi connectivity index (χ2v) is 7.22. The predicted molar refractivity (Wildman–Crippen MR) is 91.1 cm³/mol. The lowest BCUT2D eigenvalue weighted by Crippen LogP contribution is -2.41. The molecule has 5 nitrogen and oxygen atoms in total. The third-order valence-corrected chi connectivity index (χ3v) is 5.18. The van der Waals surface area contributed by atoms with Gasteiger partial charge in [0.05, 0.1) is 0 Å². The maximum absolute atomic E-state index is 9.10. The first kappa shape index (κ1) is 17.4. The highest BCUT2D eigenvalue weighted by Gasteiger charge is 2.34. The highest BCUT2D eigenvalue weighted by Crippen LogP contribution is 2.43. The number of piperidine rings is 1. The third-order valence-electron chi connectivity index (χ3n) is 4.20. The Hall–Kier alpha value is -1.92. The summed E-state index contributed by atoms with van der Waals surface area (Å²) in [6.07, 6.45) is 1.25. The summed E-state index contributed by atoms with van der Waals surface area (Å²) >= 11 is 1.89. The van der Waals surface area contributed by atoms with Crippen molar-refractivity contribution in [3.63, 3.8) is 0 Å². The summed E-state index contributed by atoms with van der Waals surface area (Å²) < 4.78 is 1.49. The molecule has 0 bridgehead atoms. The van der Waals surface area contributed by atoms with Crippen LogP contribution < -0.4 is 5.32 Å². The fraction of sp³-hybridized carbons (Fsp3) is 0.412. The summed E-state index contributed by atoms with van der Waals surface area (Å²) in [4.78, 5) is 18.2. The minimum Gasteiger partial charge on any atom is -0.473 e. The molecule has 0 radical (unpaired) electrons. The highest BCUT2D eigenvalue weighted by molar-refractivity contribution is 7.17. The van der Waals surface area contributed by atoms with Crippen molar-refractivity contribution in [1.82, 2.24) is 5.32 Å². The molecule has 124 valence electrons. The van der Waals surface area contributed by atoms with Crippen molar-refractivity contribution in [1.29, 1.82) is 0 Å². The van der Waals surface area contributed by atoms with Gasteiger partial charge in [-0.05, 0) is 46.7 Å². The van der Waals surface area contributed by atoms with E-state index in [2.05, 4.69) is 48.8 Å². The molecule has 1 fully saturated rings. The number of carboxylic acid groups (broad SMARTS) is 2. The van der Waals surface area contributed by atoms with Crippen LogP contribution in [0.25, 0.3) is 10.1 Å². The molecule has 1 unspecified atom stereocenters. The molecule has 1 aromatic carbocycles. The number of thiophene rings is 1. The van der Waals surface area contributed by atoms with Crippen LogP contribution in [0.4, 0.5) is 0 Å². The Morgan fingerprint density at radius 2 is 1.91 bits per heavy atom. The van der Waals surface area contributed by atoms with Gasteiger partial charge in [-0.25, -0.2) is 9.59 Å². The largest absolute Gasteiger partial charge is 0.473 e. The first-order chi connectivity index (χ1) is 10.8. The van der Waals surface area contributed by atoms with E-state index in [1.807, 2.05) is 11.3 Å². The lowest BCUT2D eigenvalue weighted by molar-refractivity contribution is -0.159. The second-order valence-electron chi connectivity index (χ2n) is 6.30. The van der Waals surface area contributed by atoms with Gasteiger partial charge in [0.2, 0.25) is 0 Å². The van der Waals surface area contributed by atoms with Crippen LogP contribution in [0, 0.1) is 5.41 Å². The average molecular weight is 335 g/mol. The summed E-state index contributed by atoms with van der Waals surface area (Å²) in [5.74, 6) is -2.96. The van der Waals surface area contributed by atoms with Crippen LogP contribution in [-0.4, -0.2) is 35.2 Å². The molecule has 0 saturated carbocycles. The van der Waals surface area contributed by atoms with Crippen molar-refractivity contribution in [2.24, 2.45) is 5.41 Å². The zero-order valence-electron chi connectivity index (χ0n) is 13.2. The minimum absolute atomic E-state index is 0.358. The Morgan fingerprint density at radius 1 is 1.22 bits per heavy atom. The van der Waals surface area contributed by atoms with Gasteiger partial charge in [0.25, 0.3) is 0 Å². The molecule has 1 atom stereocenters. The number of benzene rings is 1. The number of hydrogen-bond acceptors (Lipinski definition) is 4. The lowest BCUT2D eigenvalue weighted by atomic mass is 9.71. The Kier molecular flexibility index (Phi) is 5.38. The van der Waals surface area contributed by atoms with Gasteiger partial charge in [-0.15, -0.1) is 11.3 Å². The van der Waals surface area contributed by atoms with E-state index in [-0.39, 0.29) is 0 Å². The summed E-state index contributed by atoms with van der Waals surface area (Å²) in [5, 5.41) is 21.9. The van der Waals surface area contributed by atoms with E-state index in [4.69, 9.17) is 19.8 Å². The molecule has 1 saturated heterocycles. The molecule has 6 heteroatoms. The van der Waals surface area contributed by atoms with Gasteiger partial charge in [0.15, 0.2) is 0 Å². The zero-order chi connectivity index (χ0) is 17.0. The Balaban J connectivity index is 0.000000277. The number of carbonyl (C=O) groups is 2. The Morgan fingerprint density at radius 3 is 2.52 bits per heavy atom. The number of hydrogen-bond donors (Lipinski definition) is 3. The van der Waals surface area contributed by atoms with Gasteiger partial charge < -0.3 is 15.5 Å². The van der Waals surface area contributed by atoms with Crippen LogP contribution in [0.15, 0.2) is 29.6 Å². The van der Waals surface area contributed by atoms with Crippen molar-refractivity contribution in [2.75, 3.05) is 13.1 Å². The molecule has 3 N–H and O–H groups in total. The van der Waals surface area contributed by atoms with E-state index in [1.165, 1.54) is 16.5 Å². The number of nitrogens with one attached hydrogen (secondary N) is 1. The van der Waals surface area contributed by atoms with Gasteiger partial charge in [-0.2, -0.15) is 0 Å². The molecule has 0 amide bonds. The summed E-state index contributed by atoms with van der Waals surface area (Å²) in [6.45, 7) is 7.04. The number of aliphatic carboxylic acids is 2. The molecule has 0 spiro atoms. The van der Waals surface area contributed by atoms with Gasteiger partial charge in [0.1, 0.15) is 0 Å². The van der Waals surface area contributed by atoms with Gasteiger partial charge in [-0.1, -0.05) is 32.0 Å². The molecule has 23 heavy (non-hydrogen) atoms. The standard InChI is InChI=1S/C15H19NS.C2H2O4/c1-15(2)10-16-8-6-13(15)12-5-3-4-11-7-9-17-14(11)12;3-1(4)2(5)6/h3-5,7,9,13,16H,6,8,10H2,1-2H3;(H,3,4)(H,5,6). The van der Waals surface area contributed by atoms with E-state index in [0.717, 1.165) is 13.1 Å². The average Bonchev–Trinajstić information content (AvgIpc) is 2.96. The van der Waals surface area contributed by atoms with Crippen LogP contribution >= 0.6 is 11.3 Å². The Labute approximate surface area is 138 Å². The highest BCUT2D eigenvalue weighted by atomic mass is 32.1. The van der Waals surface area contributed by atoms with Gasteiger partial charge >= 0.3 is 11.9 Å². The van der Waals surface area contributed by atoms with Crippen molar-refractivity contribution in [2.45, 2.75) is 26.2 Å². The molecule has 0 aliphatic carbocycles. The molecule has 1 aromatic heterocycles. The number of rotatable bonds is 1. The summed E-state index contributed by atoms with van der Waals surface area (Å²) in [6, 6.07) is 9.00. The SMILES string of the molecule is CC1(C)CNCCC1c1cccc2ccsc12.O=C(O)C(=O)O. The topological polar surface area (TPSA) is 86.6 Å². The predicted octanol–water partition coefficient (Wildman–Crippen LogP) is 3.16. The van der Waals surface area contributed by atoms with E-state index < -0.39 is 11.9 Å². The van der Waals surface area contributed by atoms with E-state index in [0.29, 0.717) is 11.3 Å². The maximum atomic E-state index is 9.10.